The fourth-order valence-electron chi connectivity index (χ4n) is 3.80. The van der Waals surface area contributed by atoms with Gasteiger partial charge in [0.2, 0.25) is 5.91 Å². The van der Waals surface area contributed by atoms with Gasteiger partial charge in [-0.3, -0.25) is 4.79 Å². The fourth-order valence-corrected chi connectivity index (χ4v) is 3.80. The lowest BCUT2D eigenvalue weighted by atomic mass is 9.99. The first-order chi connectivity index (χ1) is 15.3. The number of aliphatic hydroxyl groups excluding tert-OH is 5. The third-order valence-electron chi connectivity index (χ3n) is 5.96. The monoisotopic (exact) mass is 463 g/mol. The highest BCUT2D eigenvalue weighted by atomic mass is 16.7. The highest BCUT2D eigenvalue weighted by molar-refractivity contribution is 5.76. The van der Waals surface area contributed by atoms with Crippen LogP contribution in [0.15, 0.2) is 0 Å². The van der Waals surface area contributed by atoms with E-state index < -0.39 is 49.5 Å². The van der Waals surface area contributed by atoms with E-state index in [1.807, 2.05) is 0 Å². The molecule has 0 aromatic carbocycles. The summed E-state index contributed by atoms with van der Waals surface area (Å²) < 4.78 is 10.9. The van der Waals surface area contributed by atoms with Gasteiger partial charge in [-0.05, 0) is 12.8 Å². The van der Waals surface area contributed by atoms with Crippen LogP contribution in [0, 0.1) is 0 Å². The molecule has 1 aliphatic rings. The smallest absolute Gasteiger partial charge is 0.220 e. The summed E-state index contributed by atoms with van der Waals surface area (Å²) in [6.07, 6.45) is 2.30. The van der Waals surface area contributed by atoms with E-state index >= 15 is 0 Å². The Kier molecular flexibility index (Phi) is 15.3. The molecule has 7 atom stereocenters. The molecule has 0 aromatic heterocycles. The van der Waals surface area contributed by atoms with Gasteiger partial charge in [0.05, 0.1) is 25.4 Å². The molecular formula is C23H45NO8. The van der Waals surface area contributed by atoms with Crippen LogP contribution in [-0.4, -0.2) is 87.5 Å². The number of hydrogen-bond acceptors (Lipinski definition) is 8. The molecule has 6 N–H and O–H groups in total. The summed E-state index contributed by atoms with van der Waals surface area (Å²) in [6.45, 7) is 3.52. The van der Waals surface area contributed by atoms with E-state index in [4.69, 9.17) is 9.47 Å². The highest BCUT2D eigenvalue weighted by Crippen LogP contribution is 2.22. The minimum atomic E-state index is -1.54. The van der Waals surface area contributed by atoms with Gasteiger partial charge in [-0.25, -0.2) is 0 Å². The number of ether oxygens (including phenoxy) is 2. The Bertz CT molecular complexity index is 493. The van der Waals surface area contributed by atoms with Gasteiger partial charge in [-0.1, -0.05) is 65.2 Å². The SMILES string of the molecule is CCCCCCCCC(O)C(COC1OC(CO)C(O)C(O)C1O)NC(=O)CCCCC. The van der Waals surface area contributed by atoms with Crippen molar-refractivity contribution in [1.82, 2.24) is 5.32 Å². The summed E-state index contributed by atoms with van der Waals surface area (Å²) >= 11 is 0. The number of carbonyl (C=O) groups excluding carboxylic acids is 1. The molecule has 0 spiro atoms. The highest BCUT2D eigenvalue weighted by Gasteiger charge is 2.44. The molecular weight excluding hydrogens is 418 g/mol. The minimum absolute atomic E-state index is 0.140. The normalized spacial score (nSPS) is 27.8. The second-order valence-electron chi connectivity index (χ2n) is 8.79. The maximum absolute atomic E-state index is 12.3. The topological polar surface area (TPSA) is 149 Å². The molecule has 1 heterocycles. The van der Waals surface area contributed by atoms with E-state index in [0.717, 1.165) is 38.5 Å². The van der Waals surface area contributed by atoms with E-state index in [9.17, 15) is 30.3 Å². The van der Waals surface area contributed by atoms with Crippen LogP contribution in [0.3, 0.4) is 0 Å². The van der Waals surface area contributed by atoms with Crippen molar-refractivity contribution in [2.24, 2.45) is 0 Å². The Morgan fingerprint density at radius 1 is 0.938 bits per heavy atom. The second kappa shape index (κ2) is 16.7. The van der Waals surface area contributed by atoms with Crippen molar-refractivity contribution in [2.75, 3.05) is 13.2 Å². The Labute approximate surface area is 192 Å². The molecule has 1 fully saturated rings. The van der Waals surface area contributed by atoms with Gasteiger partial charge < -0.3 is 40.3 Å². The first-order valence-corrected chi connectivity index (χ1v) is 12.2. The number of unbranched alkanes of at least 4 members (excludes halogenated alkanes) is 7. The summed E-state index contributed by atoms with van der Waals surface area (Å²) in [4.78, 5) is 12.3. The Balaban J connectivity index is 2.63. The summed E-state index contributed by atoms with van der Waals surface area (Å²) in [7, 11) is 0. The number of nitrogens with one attached hydrogen (secondary N) is 1. The average molecular weight is 464 g/mol. The van der Waals surface area contributed by atoms with Crippen LogP contribution in [-0.2, 0) is 14.3 Å². The second-order valence-corrected chi connectivity index (χ2v) is 8.79. The van der Waals surface area contributed by atoms with Gasteiger partial charge in [0.1, 0.15) is 24.4 Å². The van der Waals surface area contributed by atoms with Gasteiger partial charge in [-0.2, -0.15) is 0 Å². The lowest BCUT2D eigenvalue weighted by Gasteiger charge is -2.40. The molecule has 0 saturated carbocycles. The standard InChI is InChI=1S/C23H45NO8/c1-3-5-7-8-9-11-12-17(26)16(24-19(27)13-10-6-4-2)15-31-23-22(30)21(29)20(28)18(14-25)32-23/h16-18,20-23,25-26,28-30H,3-15H2,1-2H3,(H,24,27). The van der Waals surface area contributed by atoms with Crippen molar-refractivity contribution in [2.45, 2.75) is 127 Å². The van der Waals surface area contributed by atoms with Gasteiger partial charge in [0.15, 0.2) is 6.29 Å². The van der Waals surface area contributed by atoms with Crippen LogP contribution >= 0.6 is 0 Å². The summed E-state index contributed by atoms with van der Waals surface area (Å²) in [5.74, 6) is -0.178. The molecule has 1 amide bonds. The largest absolute Gasteiger partial charge is 0.394 e. The molecule has 32 heavy (non-hydrogen) atoms. The molecule has 0 radical (unpaired) electrons. The van der Waals surface area contributed by atoms with Crippen LogP contribution in [0.2, 0.25) is 0 Å². The van der Waals surface area contributed by atoms with Crippen molar-refractivity contribution in [1.29, 1.82) is 0 Å². The number of hydrogen-bond donors (Lipinski definition) is 6. The molecule has 0 aliphatic carbocycles. The van der Waals surface area contributed by atoms with Crippen molar-refractivity contribution in [3.05, 3.63) is 0 Å². The molecule has 9 nitrogen and oxygen atoms in total. The number of aliphatic hydroxyl groups is 5. The van der Waals surface area contributed by atoms with Crippen LogP contribution in [0.5, 0.6) is 0 Å². The molecule has 1 aliphatic heterocycles. The lowest BCUT2D eigenvalue weighted by Crippen LogP contribution is -2.60. The molecule has 9 heteroatoms. The maximum atomic E-state index is 12.3. The van der Waals surface area contributed by atoms with E-state index in [1.165, 1.54) is 19.3 Å². The fraction of sp³-hybridized carbons (Fsp3) is 0.957. The zero-order valence-electron chi connectivity index (χ0n) is 19.7. The third kappa shape index (κ3) is 10.4. The zero-order chi connectivity index (χ0) is 23.9. The molecule has 1 rings (SSSR count). The van der Waals surface area contributed by atoms with Crippen LogP contribution in [0.4, 0.5) is 0 Å². The van der Waals surface area contributed by atoms with Crippen molar-refractivity contribution in [3.8, 4) is 0 Å². The van der Waals surface area contributed by atoms with Crippen molar-refractivity contribution < 1.29 is 39.8 Å². The van der Waals surface area contributed by atoms with E-state index in [0.29, 0.717) is 12.8 Å². The molecule has 0 bridgehead atoms. The van der Waals surface area contributed by atoms with Crippen molar-refractivity contribution in [3.63, 3.8) is 0 Å². The molecule has 1 saturated heterocycles. The number of amides is 1. The lowest BCUT2D eigenvalue weighted by molar-refractivity contribution is -0.302. The predicted molar refractivity (Wildman–Crippen MR) is 120 cm³/mol. The molecule has 190 valence electrons. The molecule has 7 unspecified atom stereocenters. The molecule has 0 aromatic rings. The maximum Gasteiger partial charge on any atom is 0.220 e. The van der Waals surface area contributed by atoms with Crippen molar-refractivity contribution >= 4 is 5.91 Å². The number of carbonyl (C=O) groups is 1. The summed E-state index contributed by atoms with van der Waals surface area (Å²) in [6, 6.07) is -0.702. The van der Waals surface area contributed by atoms with Crippen LogP contribution < -0.4 is 5.32 Å². The van der Waals surface area contributed by atoms with E-state index in [-0.39, 0.29) is 12.5 Å². The van der Waals surface area contributed by atoms with Crippen LogP contribution in [0.1, 0.15) is 84.5 Å². The Morgan fingerprint density at radius 2 is 1.56 bits per heavy atom. The quantitative estimate of drug-likeness (QED) is 0.175. The Morgan fingerprint density at radius 3 is 2.22 bits per heavy atom. The van der Waals surface area contributed by atoms with Gasteiger partial charge in [0.25, 0.3) is 0 Å². The zero-order valence-corrected chi connectivity index (χ0v) is 19.7. The average Bonchev–Trinajstić information content (AvgIpc) is 2.78. The van der Waals surface area contributed by atoms with E-state index in [1.54, 1.807) is 0 Å². The minimum Gasteiger partial charge on any atom is -0.394 e. The Hall–Kier alpha value is -0.810. The number of rotatable bonds is 17. The predicted octanol–water partition coefficient (Wildman–Crippen LogP) is 0.979. The van der Waals surface area contributed by atoms with Gasteiger partial charge in [-0.15, -0.1) is 0 Å². The van der Waals surface area contributed by atoms with E-state index in [2.05, 4.69) is 19.2 Å². The summed E-state index contributed by atoms with van der Waals surface area (Å²) in [5, 5.41) is 52.8. The first-order valence-electron chi connectivity index (χ1n) is 12.2. The third-order valence-corrected chi connectivity index (χ3v) is 5.96. The first kappa shape index (κ1) is 29.2. The summed E-state index contributed by atoms with van der Waals surface area (Å²) in [5.41, 5.74) is 0. The van der Waals surface area contributed by atoms with Crippen LogP contribution in [0.25, 0.3) is 0 Å². The van der Waals surface area contributed by atoms with Gasteiger partial charge >= 0.3 is 0 Å². The van der Waals surface area contributed by atoms with Gasteiger partial charge in [0, 0.05) is 6.42 Å².